The van der Waals surface area contributed by atoms with Gasteiger partial charge in [-0.1, -0.05) is 29.8 Å². The smallest absolute Gasteiger partial charge is 0.243 e. The molecule has 0 radical (unpaired) electrons. The maximum absolute atomic E-state index is 5.59. The van der Waals surface area contributed by atoms with Crippen LogP contribution in [-0.4, -0.2) is 16.7 Å². The van der Waals surface area contributed by atoms with Crippen molar-refractivity contribution >= 4 is 12.4 Å². The molecule has 0 amide bonds. The highest BCUT2D eigenvalue weighted by atomic mass is 35.5. The number of benzene rings is 1. The molecule has 3 rings (SSSR count). The molecular weight excluding hydrogens is 278 g/mol. The molecule has 1 N–H and O–H groups in total. The zero-order valence-corrected chi connectivity index (χ0v) is 11.9. The van der Waals surface area contributed by atoms with E-state index in [9.17, 15) is 0 Å². The number of nitrogens with zero attached hydrogens (tertiary/aromatic N) is 2. The minimum absolute atomic E-state index is 0. The standard InChI is InChI=1S/C14H17N3O2.ClH/c1-2-6-11(7-3-1)18-10-13-16-14(19-17-13)12-8-4-5-9-15-12;/h1-3,6-7,12,15H,4-5,8-10H2;1H/t12-;/m1./s1. The average Bonchev–Trinajstić information content (AvgIpc) is 2.96. The number of halogens is 1. The molecule has 0 bridgehead atoms. The van der Waals surface area contributed by atoms with Crippen LogP contribution in [-0.2, 0) is 6.61 Å². The fourth-order valence-electron chi connectivity index (χ4n) is 2.19. The van der Waals surface area contributed by atoms with Gasteiger partial charge in [-0.05, 0) is 31.5 Å². The van der Waals surface area contributed by atoms with Crippen molar-refractivity contribution in [1.29, 1.82) is 0 Å². The average molecular weight is 296 g/mol. The van der Waals surface area contributed by atoms with Crippen LogP contribution in [0.25, 0.3) is 0 Å². The van der Waals surface area contributed by atoms with Crippen molar-refractivity contribution in [2.75, 3.05) is 6.54 Å². The molecule has 0 spiro atoms. The molecule has 2 heterocycles. The summed E-state index contributed by atoms with van der Waals surface area (Å²) >= 11 is 0. The van der Waals surface area contributed by atoms with Gasteiger partial charge in [0, 0.05) is 0 Å². The Kier molecular flexibility index (Phi) is 5.38. The van der Waals surface area contributed by atoms with Crippen LogP contribution in [0.2, 0.25) is 0 Å². The molecule has 1 aliphatic heterocycles. The lowest BCUT2D eigenvalue weighted by Gasteiger charge is -2.19. The molecule has 1 fully saturated rings. The van der Waals surface area contributed by atoms with E-state index in [1.165, 1.54) is 12.8 Å². The summed E-state index contributed by atoms with van der Waals surface area (Å²) in [6, 6.07) is 9.83. The van der Waals surface area contributed by atoms with Gasteiger partial charge in [0.2, 0.25) is 11.7 Å². The molecule has 2 aromatic rings. The number of hydrogen-bond acceptors (Lipinski definition) is 5. The summed E-state index contributed by atoms with van der Waals surface area (Å²) in [6.45, 7) is 1.35. The van der Waals surface area contributed by atoms with Gasteiger partial charge < -0.3 is 14.6 Å². The van der Waals surface area contributed by atoms with E-state index in [0.29, 0.717) is 18.3 Å². The van der Waals surface area contributed by atoms with E-state index in [2.05, 4.69) is 15.5 Å². The summed E-state index contributed by atoms with van der Waals surface area (Å²) in [5.74, 6) is 2.07. The zero-order chi connectivity index (χ0) is 12.9. The molecule has 1 aromatic carbocycles. The van der Waals surface area contributed by atoms with E-state index >= 15 is 0 Å². The molecule has 5 nitrogen and oxygen atoms in total. The Bertz CT molecular complexity index is 512. The number of piperidine rings is 1. The maximum atomic E-state index is 5.59. The number of para-hydroxylation sites is 1. The quantitative estimate of drug-likeness (QED) is 0.940. The monoisotopic (exact) mass is 295 g/mol. The van der Waals surface area contributed by atoms with E-state index in [-0.39, 0.29) is 18.4 Å². The molecule has 0 saturated carbocycles. The molecule has 108 valence electrons. The van der Waals surface area contributed by atoms with Gasteiger partial charge in [-0.2, -0.15) is 4.98 Å². The molecule has 1 atom stereocenters. The topological polar surface area (TPSA) is 60.2 Å². The van der Waals surface area contributed by atoms with Gasteiger partial charge in [0.05, 0.1) is 6.04 Å². The van der Waals surface area contributed by atoms with E-state index < -0.39 is 0 Å². The molecule has 1 saturated heterocycles. The Morgan fingerprint density at radius 2 is 2.10 bits per heavy atom. The molecular formula is C14H18ClN3O2. The zero-order valence-electron chi connectivity index (χ0n) is 11.1. The van der Waals surface area contributed by atoms with Crippen LogP contribution in [0, 0.1) is 0 Å². The third kappa shape index (κ3) is 3.71. The number of rotatable bonds is 4. The predicted octanol–water partition coefficient (Wildman–Crippen LogP) is 2.88. The Hall–Kier alpha value is -1.59. The van der Waals surface area contributed by atoms with Gasteiger partial charge in [0.25, 0.3) is 0 Å². The van der Waals surface area contributed by atoms with Gasteiger partial charge in [0.15, 0.2) is 6.61 Å². The van der Waals surface area contributed by atoms with Crippen LogP contribution in [0.4, 0.5) is 0 Å². The van der Waals surface area contributed by atoms with E-state index in [4.69, 9.17) is 9.26 Å². The molecule has 0 aliphatic carbocycles. The van der Waals surface area contributed by atoms with E-state index in [1.807, 2.05) is 30.3 Å². The van der Waals surface area contributed by atoms with Crippen molar-refractivity contribution in [2.45, 2.75) is 31.9 Å². The molecule has 1 aliphatic rings. The number of nitrogens with one attached hydrogen (secondary N) is 1. The number of aromatic nitrogens is 2. The highest BCUT2D eigenvalue weighted by Gasteiger charge is 2.20. The SMILES string of the molecule is Cl.c1ccc(OCc2noc([C@H]3CCCCN3)n2)cc1. The first-order valence-electron chi connectivity index (χ1n) is 6.65. The maximum Gasteiger partial charge on any atom is 0.243 e. The lowest BCUT2D eigenvalue weighted by atomic mass is 10.1. The Morgan fingerprint density at radius 3 is 2.85 bits per heavy atom. The van der Waals surface area contributed by atoms with Crippen molar-refractivity contribution < 1.29 is 9.26 Å². The Balaban J connectivity index is 0.00000147. The Morgan fingerprint density at radius 1 is 1.25 bits per heavy atom. The van der Waals surface area contributed by atoms with Crippen molar-refractivity contribution in [3.63, 3.8) is 0 Å². The van der Waals surface area contributed by atoms with Crippen molar-refractivity contribution in [3.8, 4) is 5.75 Å². The second-order valence-corrected chi connectivity index (χ2v) is 4.65. The third-order valence-corrected chi connectivity index (χ3v) is 3.20. The summed E-state index contributed by atoms with van der Waals surface area (Å²) in [5.41, 5.74) is 0. The van der Waals surface area contributed by atoms with Crippen LogP contribution >= 0.6 is 12.4 Å². The van der Waals surface area contributed by atoms with Crippen LogP contribution in [0.5, 0.6) is 5.75 Å². The largest absolute Gasteiger partial charge is 0.485 e. The first-order chi connectivity index (χ1) is 9.42. The number of hydrogen-bond donors (Lipinski definition) is 1. The third-order valence-electron chi connectivity index (χ3n) is 3.20. The van der Waals surface area contributed by atoms with E-state index in [1.54, 1.807) is 0 Å². The lowest BCUT2D eigenvalue weighted by molar-refractivity contribution is 0.276. The summed E-state index contributed by atoms with van der Waals surface area (Å²) in [4.78, 5) is 4.38. The first-order valence-corrected chi connectivity index (χ1v) is 6.65. The van der Waals surface area contributed by atoms with Crippen LogP contribution < -0.4 is 10.1 Å². The highest BCUT2D eigenvalue weighted by Crippen LogP contribution is 2.21. The molecule has 0 unspecified atom stereocenters. The van der Waals surface area contributed by atoms with Crippen LogP contribution in [0.15, 0.2) is 34.9 Å². The summed E-state index contributed by atoms with van der Waals surface area (Å²) in [6.07, 6.45) is 3.48. The van der Waals surface area contributed by atoms with Gasteiger partial charge >= 0.3 is 0 Å². The van der Waals surface area contributed by atoms with Gasteiger partial charge in [-0.3, -0.25) is 0 Å². The Labute approximate surface area is 124 Å². The first kappa shape index (κ1) is 14.8. The second kappa shape index (κ2) is 7.26. The van der Waals surface area contributed by atoms with Crippen molar-refractivity contribution in [2.24, 2.45) is 0 Å². The molecule has 1 aromatic heterocycles. The van der Waals surface area contributed by atoms with Gasteiger partial charge in [0.1, 0.15) is 5.75 Å². The van der Waals surface area contributed by atoms with Crippen molar-refractivity contribution in [3.05, 3.63) is 42.0 Å². The van der Waals surface area contributed by atoms with Gasteiger partial charge in [-0.15, -0.1) is 12.4 Å². The summed E-state index contributed by atoms with van der Waals surface area (Å²) in [5, 5.41) is 7.34. The number of ether oxygens (including phenoxy) is 1. The normalized spacial score (nSPS) is 18.3. The predicted molar refractivity (Wildman–Crippen MR) is 76.9 cm³/mol. The summed E-state index contributed by atoms with van der Waals surface area (Å²) in [7, 11) is 0. The molecule has 20 heavy (non-hydrogen) atoms. The minimum Gasteiger partial charge on any atom is -0.485 e. The van der Waals surface area contributed by atoms with Gasteiger partial charge in [-0.25, -0.2) is 0 Å². The van der Waals surface area contributed by atoms with Crippen LogP contribution in [0.3, 0.4) is 0 Å². The fourth-order valence-corrected chi connectivity index (χ4v) is 2.19. The summed E-state index contributed by atoms with van der Waals surface area (Å²) < 4.78 is 10.9. The fraction of sp³-hybridized carbons (Fsp3) is 0.429. The molecule has 6 heteroatoms. The van der Waals surface area contributed by atoms with E-state index in [0.717, 1.165) is 18.7 Å². The highest BCUT2D eigenvalue weighted by molar-refractivity contribution is 5.85. The van der Waals surface area contributed by atoms with Crippen LogP contribution in [0.1, 0.15) is 37.0 Å². The van der Waals surface area contributed by atoms with Crippen molar-refractivity contribution in [1.82, 2.24) is 15.5 Å². The lowest BCUT2D eigenvalue weighted by Crippen LogP contribution is -2.27. The minimum atomic E-state index is 0. The second-order valence-electron chi connectivity index (χ2n) is 4.65.